The van der Waals surface area contributed by atoms with Crippen molar-refractivity contribution in [2.75, 3.05) is 19.8 Å². The summed E-state index contributed by atoms with van der Waals surface area (Å²) in [6.07, 6.45) is 0. The highest BCUT2D eigenvalue weighted by molar-refractivity contribution is 5.73. The summed E-state index contributed by atoms with van der Waals surface area (Å²) in [5, 5.41) is 8.84. The molecule has 1 fully saturated rings. The molecule has 0 aromatic heterocycles. The molecule has 0 spiro atoms. The molecule has 0 amide bonds. The average molecular weight is 173 g/mol. The minimum atomic E-state index is -0.789. The van der Waals surface area contributed by atoms with Crippen LogP contribution in [0.1, 0.15) is 13.8 Å². The molecule has 4 nitrogen and oxygen atoms in total. The third-order valence-electron chi connectivity index (χ3n) is 2.12. The zero-order chi connectivity index (χ0) is 9.14. The van der Waals surface area contributed by atoms with Crippen LogP contribution in [0, 0.1) is 0 Å². The van der Waals surface area contributed by atoms with E-state index < -0.39 is 12.0 Å². The normalized spacial score (nSPS) is 26.1. The van der Waals surface area contributed by atoms with Gasteiger partial charge >= 0.3 is 5.97 Å². The Labute approximate surface area is 72.1 Å². The molecule has 0 aromatic rings. The molecular formula is C8H15NO3. The van der Waals surface area contributed by atoms with Crippen molar-refractivity contribution in [3.8, 4) is 0 Å². The zero-order valence-electron chi connectivity index (χ0n) is 7.49. The quantitative estimate of drug-likeness (QED) is 0.647. The van der Waals surface area contributed by atoms with E-state index >= 15 is 0 Å². The van der Waals surface area contributed by atoms with Gasteiger partial charge in [0.2, 0.25) is 0 Å². The van der Waals surface area contributed by atoms with E-state index in [2.05, 4.69) is 0 Å². The molecule has 1 N–H and O–H groups in total. The minimum absolute atomic E-state index is 0.273. The average Bonchev–Trinajstić information content (AvgIpc) is 2.04. The first kappa shape index (κ1) is 9.48. The predicted octanol–water partition coefficient (Wildman–Crippen LogP) is 0.180. The molecule has 1 atom stereocenters. The number of carboxylic acids is 1. The Bertz CT molecular complexity index is 170. The van der Waals surface area contributed by atoms with Crippen LogP contribution in [0.5, 0.6) is 0 Å². The molecule has 1 aliphatic heterocycles. The van der Waals surface area contributed by atoms with Gasteiger partial charge in [-0.15, -0.1) is 0 Å². The monoisotopic (exact) mass is 173 g/mol. The smallest absolute Gasteiger partial charge is 0.323 e. The Hall–Kier alpha value is -0.610. The van der Waals surface area contributed by atoms with Gasteiger partial charge in [0.25, 0.3) is 0 Å². The Balaban J connectivity index is 2.60. The van der Waals surface area contributed by atoms with Crippen LogP contribution in [0.2, 0.25) is 0 Å². The Morgan fingerprint density at radius 3 is 2.75 bits per heavy atom. The van der Waals surface area contributed by atoms with E-state index in [1.165, 1.54) is 0 Å². The summed E-state index contributed by atoms with van der Waals surface area (Å²) in [6, 6.07) is -0.186. The highest BCUT2D eigenvalue weighted by Gasteiger charge is 2.30. The topological polar surface area (TPSA) is 49.8 Å². The number of carbonyl (C=O) groups is 1. The summed E-state index contributed by atoms with van der Waals surface area (Å²) in [7, 11) is 0. The molecule has 70 valence electrons. The lowest BCUT2D eigenvalue weighted by Gasteiger charge is -2.35. The maximum absolute atomic E-state index is 10.7. The van der Waals surface area contributed by atoms with Crippen LogP contribution in [-0.4, -0.2) is 47.8 Å². The second-order valence-electron chi connectivity index (χ2n) is 3.26. The highest BCUT2D eigenvalue weighted by atomic mass is 16.5. The molecular weight excluding hydrogens is 158 g/mol. The molecule has 0 aromatic carbocycles. The van der Waals surface area contributed by atoms with E-state index in [1.807, 2.05) is 18.7 Å². The fraction of sp³-hybridized carbons (Fsp3) is 0.875. The number of morpholine rings is 1. The highest BCUT2D eigenvalue weighted by Crippen LogP contribution is 2.10. The van der Waals surface area contributed by atoms with Gasteiger partial charge in [-0.25, -0.2) is 0 Å². The molecule has 12 heavy (non-hydrogen) atoms. The van der Waals surface area contributed by atoms with Crippen LogP contribution >= 0.6 is 0 Å². The lowest BCUT2D eigenvalue weighted by atomic mass is 10.2. The summed E-state index contributed by atoms with van der Waals surface area (Å²) in [5.41, 5.74) is 0. The molecule has 1 rings (SSSR count). The fourth-order valence-corrected chi connectivity index (χ4v) is 1.45. The molecule has 0 aliphatic carbocycles. The van der Waals surface area contributed by atoms with Crippen molar-refractivity contribution in [3.05, 3.63) is 0 Å². The summed E-state index contributed by atoms with van der Waals surface area (Å²) in [6.45, 7) is 5.67. The minimum Gasteiger partial charge on any atom is -0.480 e. The van der Waals surface area contributed by atoms with E-state index in [1.54, 1.807) is 0 Å². The SMILES string of the molecule is CC(C)N1CCOCC1C(=O)O. The largest absolute Gasteiger partial charge is 0.480 e. The number of nitrogens with zero attached hydrogens (tertiary/aromatic N) is 1. The second-order valence-corrected chi connectivity index (χ2v) is 3.26. The van der Waals surface area contributed by atoms with E-state index in [4.69, 9.17) is 9.84 Å². The van der Waals surface area contributed by atoms with Gasteiger partial charge in [0.1, 0.15) is 6.04 Å². The second kappa shape index (κ2) is 3.87. The van der Waals surface area contributed by atoms with Gasteiger partial charge in [-0.1, -0.05) is 0 Å². The number of aliphatic carboxylic acids is 1. The number of hydrogen-bond acceptors (Lipinski definition) is 3. The molecule has 1 unspecified atom stereocenters. The van der Waals surface area contributed by atoms with Gasteiger partial charge in [0.05, 0.1) is 13.2 Å². The molecule has 4 heteroatoms. The van der Waals surface area contributed by atoms with Gasteiger partial charge in [0, 0.05) is 12.6 Å². The van der Waals surface area contributed by atoms with Crippen LogP contribution in [0.15, 0.2) is 0 Å². The van der Waals surface area contributed by atoms with Gasteiger partial charge in [0.15, 0.2) is 0 Å². The van der Waals surface area contributed by atoms with E-state index in [9.17, 15) is 4.79 Å². The lowest BCUT2D eigenvalue weighted by molar-refractivity contribution is -0.151. The zero-order valence-corrected chi connectivity index (χ0v) is 7.49. The maximum Gasteiger partial charge on any atom is 0.323 e. The number of ether oxygens (including phenoxy) is 1. The molecule has 0 saturated carbocycles. The number of hydrogen-bond donors (Lipinski definition) is 1. The fourth-order valence-electron chi connectivity index (χ4n) is 1.45. The first-order valence-corrected chi connectivity index (χ1v) is 4.19. The van der Waals surface area contributed by atoms with E-state index in [-0.39, 0.29) is 6.04 Å². The van der Waals surface area contributed by atoms with E-state index in [0.717, 1.165) is 0 Å². The Morgan fingerprint density at radius 1 is 1.67 bits per heavy atom. The van der Waals surface area contributed by atoms with Crippen molar-refractivity contribution < 1.29 is 14.6 Å². The van der Waals surface area contributed by atoms with Crippen LogP contribution in [0.25, 0.3) is 0 Å². The van der Waals surface area contributed by atoms with Gasteiger partial charge in [-0.3, -0.25) is 9.69 Å². The standard InChI is InChI=1S/C8H15NO3/c1-6(2)9-3-4-12-5-7(9)8(10)11/h6-7H,3-5H2,1-2H3,(H,10,11). The number of carboxylic acid groups (broad SMARTS) is 1. The Morgan fingerprint density at radius 2 is 2.33 bits per heavy atom. The summed E-state index contributed by atoms with van der Waals surface area (Å²) >= 11 is 0. The van der Waals surface area contributed by atoms with Crippen molar-refractivity contribution in [3.63, 3.8) is 0 Å². The summed E-state index contributed by atoms with van der Waals surface area (Å²) in [5.74, 6) is -0.789. The van der Waals surface area contributed by atoms with Crippen molar-refractivity contribution in [1.29, 1.82) is 0 Å². The Kier molecular flexibility index (Phi) is 3.05. The van der Waals surface area contributed by atoms with Crippen LogP contribution in [0.3, 0.4) is 0 Å². The first-order chi connectivity index (χ1) is 5.63. The van der Waals surface area contributed by atoms with Gasteiger partial charge < -0.3 is 9.84 Å². The van der Waals surface area contributed by atoms with Crippen LogP contribution in [0.4, 0.5) is 0 Å². The lowest BCUT2D eigenvalue weighted by Crippen LogP contribution is -2.52. The number of rotatable bonds is 2. The van der Waals surface area contributed by atoms with E-state index in [0.29, 0.717) is 19.8 Å². The van der Waals surface area contributed by atoms with Gasteiger partial charge in [-0.2, -0.15) is 0 Å². The molecule has 1 aliphatic rings. The van der Waals surface area contributed by atoms with Crippen molar-refractivity contribution in [2.45, 2.75) is 25.9 Å². The third-order valence-corrected chi connectivity index (χ3v) is 2.12. The van der Waals surface area contributed by atoms with Crippen molar-refractivity contribution in [2.24, 2.45) is 0 Å². The first-order valence-electron chi connectivity index (χ1n) is 4.19. The molecule has 1 heterocycles. The van der Waals surface area contributed by atoms with Crippen LogP contribution < -0.4 is 0 Å². The van der Waals surface area contributed by atoms with Crippen molar-refractivity contribution >= 4 is 5.97 Å². The van der Waals surface area contributed by atoms with Crippen LogP contribution in [-0.2, 0) is 9.53 Å². The molecule has 0 radical (unpaired) electrons. The molecule has 1 saturated heterocycles. The maximum atomic E-state index is 10.7. The molecule has 0 bridgehead atoms. The summed E-state index contributed by atoms with van der Waals surface area (Å²) in [4.78, 5) is 12.7. The summed E-state index contributed by atoms with van der Waals surface area (Å²) < 4.78 is 5.10. The third kappa shape index (κ3) is 1.95. The predicted molar refractivity (Wildman–Crippen MR) is 44.1 cm³/mol. The van der Waals surface area contributed by atoms with Crippen molar-refractivity contribution in [1.82, 2.24) is 4.90 Å². The van der Waals surface area contributed by atoms with Gasteiger partial charge in [-0.05, 0) is 13.8 Å².